The Morgan fingerprint density at radius 3 is 2.26 bits per heavy atom. The van der Waals surface area contributed by atoms with E-state index in [0.717, 1.165) is 37.3 Å². The van der Waals surface area contributed by atoms with Crippen molar-refractivity contribution in [1.82, 2.24) is 0 Å². The van der Waals surface area contributed by atoms with E-state index in [1.54, 1.807) is 0 Å². The molecule has 2 aromatic rings. The molecule has 1 amide bonds. The summed E-state index contributed by atoms with van der Waals surface area (Å²) in [6.07, 6.45) is 2.97. The lowest BCUT2D eigenvalue weighted by Crippen LogP contribution is -2.34. The molecule has 1 unspecified atom stereocenters. The van der Waals surface area contributed by atoms with E-state index >= 15 is 0 Å². The van der Waals surface area contributed by atoms with E-state index in [0.29, 0.717) is 12.2 Å². The summed E-state index contributed by atoms with van der Waals surface area (Å²) >= 11 is 0. The lowest BCUT2D eigenvalue weighted by molar-refractivity contribution is -0.123. The first-order valence-corrected chi connectivity index (χ1v) is 12.6. The largest absolute Gasteiger partial charge is 0.503 e. The second kappa shape index (κ2) is 11.4. The Kier molecular flexibility index (Phi) is 9.32. The number of carbonyl (C=O) groups is 1. The van der Waals surface area contributed by atoms with Gasteiger partial charge in [0.2, 0.25) is 0 Å². The molecule has 4 nitrogen and oxygen atoms in total. The van der Waals surface area contributed by atoms with E-state index in [1.165, 1.54) is 12.5 Å². The van der Waals surface area contributed by atoms with Gasteiger partial charge in [0.1, 0.15) is 11.6 Å². The van der Waals surface area contributed by atoms with Crippen LogP contribution in [0.15, 0.2) is 24.3 Å². The predicted molar refractivity (Wildman–Crippen MR) is 138 cm³/mol. The number of benzene rings is 2. The predicted octanol–water partition coefficient (Wildman–Crippen LogP) is 7.93. The first-order chi connectivity index (χ1) is 16.3. The van der Waals surface area contributed by atoms with Crippen molar-refractivity contribution in [2.24, 2.45) is 0 Å². The first kappa shape index (κ1) is 28.6. The van der Waals surface area contributed by atoms with Gasteiger partial charge in [-0.2, -0.15) is 0 Å². The molecule has 0 spiro atoms. The van der Waals surface area contributed by atoms with Crippen LogP contribution in [-0.2, 0) is 15.6 Å². The number of aromatic hydroxyl groups is 1. The van der Waals surface area contributed by atoms with Crippen LogP contribution in [0.2, 0.25) is 0 Å². The fourth-order valence-electron chi connectivity index (χ4n) is 3.78. The number of hydrogen-bond donors (Lipinski definition) is 2. The zero-order valence-corrected chi connectivity index (χ0v) is 22.4. The van der Waals surface area contributed by atoms with E-state index in [-0.39, 0.29) is 22.1 Å². The Hall–Kier alpha value is -2.63. The van der Waals surface area contributed by atoms with Crippen molar-refractivity contribution in [1.29, 1.82) is 0 Å². The van der Waals surface area contributed by atoms with Crippen molar-refractivity contribution in [3.63, 3.8) is 0 Å². The number of nitrogens with one attached hydrogen (secondary N) is 1. The van der Waals surface area contributed by atoms with Gasteiger partial charge in [0.25, 0.3) is 5.91 Å². The van der Waals surface area contributed by atoms with Crippen LogP contribution in [-0.4, -0.2) is 17.1 Å². The molecule has 0 bridgehead atoms. The van der Waals surface area contributed by atoms with Crippen molar-refractivity contribution in [2.45, 2.75) is 104 Å². The Balaban J connectivity index is 2.46. The van der Waals surface area contributed by atoms with Gasteiger partial charge in [0.15, 0.2) is 17.7 Å². The van der Waals surface area contributed by atoms with Gasteiger partial charge in [0.05, 0.1) is 5.69 Å². The smallest absolute Gasteiger partial charge is 0.265 e. The first-order valence-electron chi connectivity index (χ1n) is 12.6. The molecule has 0 heterocycles. The number of unbranched alkanes of at least 4 members (excludes halogenated alkanes) is 1. The molecule has 2 aromatic carbocycles. The number of halogens is 2. The van der Waals surface area contributed by atoms with Crippen LogP contribution in [0.25, 0.3) is 0 Å². The molecule has 2 rings (SSSR count). The molecular weight excluding hydrogens is 448 g/mol. The standard InChI is InChI=1S/C29H41F2NO3/c1-9-12-13-24(27(34)32-22-17-21(30)18(4)25(31)26(22)33)35-23-15-14-19(28(5,6)10-2)16-20(23)29(7,8)11-3/h14-17,24,33H,9-13H2,1-8H3,(H,32,34). The summed E-state index contributed by atoms with van der Waals surface area (Å²) in [5, 5.41) is 12.6. The molecule has 0 aliphatic heterocycles. The van der Waals surface area contributed by atoms with E-state index in [9.17, 15) is 18.7 Å². The summed E-state index contributed by atoms with van der Waals surface area (Å²) < 4.78 is 34.6. The lowest BCUT2D eigenvalue weighted by Gasteiger charge is -2.31. The normalized spacial score (nSPS) is 13.0. The molecule has 194 valence electrons. The highest BCUT2D eigenvalue weighted by atomic mass is 19.1. The maximum absolute atomic E-state index is 14.2. The van der Waals surface area contributed by atoms with E-state index in [1.807, 2.05) is 19.1 Å². The number of carbonyl (C=O) groups excluding carboxylic acids is 1. The highest BCUT2D eigenvalue weighted by molar-refractivity contribution is 5.95. The number of phenolic OH excluding ortho intramolecular Hbond substituents is 1. The number of ether oxygens (including phenoxy) is 1. The van der Waals surface area contributed by atoms with Gasteiger partial charge < -0.3 is 15.2 Å². The number of phenols is 1. The van der Waals surface area contributed by atoms with E-state index in [2.05, 4.69) is 52.9 Å². The molecule has 2 N–H and O–H groups in total. The molecule has 0 aromatic heterocycles. The van der Waals surface area contributed by atoms with Crippen molar-refractivity contribution in [2.75, 3.05) is 5.32 Å². The lowest BCUT2D eigenvalue weighted by atomic mass is 9.76. The van der Waals surface area contributed by atoms with Gasteiger partial charge in [0, 0.05) is 17.2 Å². The number of hydrogen-bond acceptors (Lipinski definition) is 3. The van der Waals surface area contributed by atoms with Crippen molar-refractivity contribution in [3.8, 4) is 11.5 Å². The summed E-state index contributed by atoms with van der Waals surface area (Å²) in [4.78, 5) is 13.2. The molecule has 35 heavy (non-hydrogen) atoms. The van der Waals surface area contributed by atoms with Crippen molar-refractivity contribution < 1.29 is 23.4 Å². The van der Waals surface area contributed by atoms with Crippen LogP contribution in [0, 0.1) is 18.6 Å². The number of amides is 1. The quantitative estimate of drug-likeness (QED) is 0.315. The molecular formula is C29H41F2NO3. The third-order valence-electron chi connectivity index (χ3n) is 7.32. The highest BCUT2D eigenvalue weighted by Crippen LogP contribution is 2.39. The minimum atomic E-state index is -1.09. The summed E-state index contributed by atoms with van der Waals surface area (Å²) in [5.41, 5.74) is 1.41. The monoisotopic (exact) mass is 489 g/mol. The van der Waals surface area contributed by atoms with Gasteiger partial charge in [-0.1, -0.05) is 67.0 Å². The highest BCUT2D eigenvalue weighted by Gasteiger charge is 2.30. The van der Waals surface area contributed by atoms with Gasteiger partial charge in [-0.25, -0.2) is 8.78 Å². The SMILES string of the molecule is CCCCC(Oc1ccc(C(C)(C)CC)cc1C(C)(C)CC)C(=O)Nc1cc(F)c(C)c(F)c1O. The molecule has 0 radical (unpaired) electrons. The van der Waals surface area contributed by atoms with Crippen LogP contribution in [0.4, 0.5) is 14.5 Å². The van der Waals surface area contributed by atoms with Gasteiger partial charge in [-0.3, -0.25) is 4.79 Å². The maximum atomic E-state index is 14.2. The van der Waals surface area contributed by atoms with Crippen LogP contribution < -0.4 is 10.1 Å². The zero-order chi connectivity index (χ0) is 26.6. The average molecular weight is 490 g/mol. The minimum absolute atomic E-state index is 0.00674. The Morgan fingerprint density at radius 2 is 1.69 bits per heavy atom. The van der Waals surface area contributed by atoms with Crippen molar-refractivity contribution >= 4 is 11.6 Å². The zero-order valence-electron chi connectivity index (χ0n) is 22.4. The van der Waals surface area contributed by atoms with Crippen LogP contribution >= 0.6 is 0 Å². The fraction of sp³-hybridized carbons (Fsp3) is 0.552. The molecule has 0 saturated heterocycles. The van der Waals surface area contributed by atoms with Crippen LogP contribution in [0.5, 0.6) is 11.5 Å². The summed E-state index contributed by atoms with van der Waals surface area (Å²) in [6, 6.07) is 7.07. The Bertz CT molecular complexity index is 1050. The Morgan fingerprint density at radius 1 is 1.06 bits per heavy atom. The van der Waals surface area contributed by atoms with Crippen LogP contribution in [0.3, 0.4) is 0 Å². The van der Waals surface area contributed by atoms with Gasteiger partial charge >= 0.3 is 0 Å². The summed E-state index contributed by atoms with van der Waals surface area (Å²) in [6.45, 7) is 16.2. The van der Waals surface area contributed by atoms with Crippen LogP contribution in [0.1, 0.15) is 97.3 Å². The molecule has 0 fully saturated rings. The summed E-state index contributed by atoms with van der Waals surface area (Å²) in [7, 11) is 0. The molecule has 6 heteroatoms. The second-order valence-corrected chi connectivity index (χ2v) is 10.6. The third-order valence-corrected chi connectivity index (χ3v) is 7.32. The van der Waals surface area contributed by atoms with E-state index < -0.39 is 29.4 Å². The number of anilines is 1. The summed E-state index contributed by atoms with van der Waals surface area (Å²) in [5.74, 6) is -2.66. The second-order valence-electron chi connectivity index (χ2n) is 10.6. The minimum Gasteiger partial charge on any atom is -0.503 e. The molecule has 1 atom stereocenters. The maximum Gasteiger partial charge on any atom is 0.265 e. The molecule has 0 aliphatic rings. The molecule has 0 aliphatic carbocycles. The topological polar surface area (TPSA) is 58.6 Å². The third kappa shape index (κ3) is 6.53. The fourth-order valence-corrected chi connectivity index (χ4v) is 3.78. The van der Waals surface area contributed by atoms with E-state index in [4.69, 9.17) is 4.74 Å². The average Bonchev–Trinajstić information content (AvgIpc) is 2.83. The number of rotatable bonds is 11. The Labute approximate surface area is 209 Å². The molecule has 0 saturated carbocycles. The van der Waals surface area contributed by atoms with Gasteiger partial charge in [-0.15, -0.1) is 0 Å². The van der Waals surface area contributed by atoms with Gasteiger partial charge in [-0.05, 0) is 55.1 Å². The van der Waals surface area contributed by atoms with Crippen molar-refractivity contribution in [3.05, 3.63) is 52.6 Å².